The summed E-state index contributed by atoms with van der Waals surface area (Å²) >= 11 is 1.47. The molecule has 6 heteroatoms. The van der Waals surface area contributed by atoms with E-state index >= 15 is 0 Å². The van der Waals surface area contributed by atoms with E-state index in [1.54, 1.807) is 0 Å². The Morgan fingerprint density at radius 3 is 2.48 bits per heavy atom. The van der Waals surface area contributed by atoms with Crippen molar-refractivity contribution in [1.82, 2.24) is 4.90 Å². The number of carbonyl (C=O) groups is 1. The number of hydrogen-bond acceptors (Lipinski definition) is 5. The first kappa shape index (κ1) is 19.6. The summed E-state index contributed by atoms with van der Waals surface area (Å²) in [6, 6.07) is 16.4. The number of amidine groups is 1. The molecule has 5 nitrogen and oxygen atoms in total. The lowest BCUT2D eigenvalue weighted by molar-refractivity contribution is -0.113. The molecule has 2 aromatic carbocycles. The summed E-state index contributed by atoms with van der Waals surface area (Å²) in [5.41, 5.74) is 3.51. The molecule has 0 unspecified atom stereocenters. The molecule has 150 valence electrons. The Morgan fingerprint density at radius 1 is 1.07 bits per heavy atom. The number of benzene rings is 2. The van der Waals surface area contributed by atoms with E-state index in [2.05, 4.69) is 46.0 Å². The van der Waals surface area contributed by atoms with Gasteiger partial charge in [-0.15, -0.1) is 0 Å². The average molecular weight is 408 g/mol. The SMILES string of the molecule is CCOc1ccc(C=C2SC(N3CCN(c4cccc(C)c4)CC3)=NC2=O)cc1. The zero-order valence-electron chi connectivity index (χ0n) is 16.8. The standard InChI is InChI=1S/C23H25N3O2S/c1-3-28-20-9-7-18(8-10-20)16-21-22(27)24-23(29-21)26-13-11-25(12-14-26)19-6-4-5-17(2)15-19/h4-10,15-16H,3,11-14H2,1-2H3. The normalized spacial score (nSPS) is 18.3. The largest absolute Gasteiger partial charge is 0.494 e. The van der Waals surface area contributed by atoms with Crippen LogP contribution in [0.5, 0.6) is 5.75 Å². The maximum Gasteiger partial charge on any atom is 0.286 e. The highest BCUT2D eigenvalue weighted by atomic mass is 32.2. The van der Waals surface area contributed by atoms with E-state index in [4.69, 9.17) is 4.74 Å². The number of rotatable bonds is 4. The molecule has 0 bridgehead atoms. The maximum absolute atomic E-state index is 12.4. The Balaban J connectivity index is 1.37. The molecule has 2 aliphatic heterocycles. The van der Waals surface area contributed by atoms with E-state index in [1.165, 1.54) is 23.0 Å². The summed E-state index contributed by atoms with van der Waals surface area (Å²) in [6.45, 7) is 8.30. The van der Waals surface area contributed by atoms with Crippen LogP contribution in [-0.2, 0) is 4.79 Å². The zero-order valence-corrected chi connectivity index (χ0v) is 17.6. The fourth-order valence-electron chi connectivity index (χ4n) is 3.49. The van der Waals surface area contributed by atoms with Gasteiger partial charge in [-0.2, -0.15) is 4.99 Å². The topological polar surface area (TPSA) is 45.1 Å². The number of piperazine rings is 1. The molecule has 1 saturated heterocycles. The predicted molar refractivity (Wildman–Crippen MR) is 121 cm³/mol. The van der Waals surface area contributed by atoms with Gasteiger partial charge in [0.2, 0.25) is 0 Å². The van der Waals surface area contributed by atoms with Crippen molar-refractivity contribution in [1.29, 1.82) is 0 Å². The molecule has 4 rings (SSSR count). The first-order chi connectivity index (χ1) is 14.1. The second-order valence-corrected chi connectivity index (χ2v) is 8.13. The first-order valence-electron chi connectivity index (χ1n) is 9.94. The van der Waals surface area contributed by atoms with Crippen LogP contribution in [0, 0.1) is 6.92 Å². The molecule has 0 aliphatic carbocycles. The van der Waals surface area contributed by atoms with Gasteiger partial charge in [-0.05, 0) is 67.1 Å². The van der Waals surface area contributed by atoms with Crippen molar-refractivity contribution in [3.63, 3.8) is 0 Å². The highest BCUT2D eigenvalue weighted by Gasteiger charge is 2.28. The first-order valence-corrected chi connectivity index (χ1v) is 10.8. The second kappa shape index (κ2) is 8.74. The highest BCUT2D eigenvalue weighted by molar-refractivity contribution is 8.18. The third-order valence-electron chi connectivity index (χ3n) is 5.02. The number of hydrogen-bond donors (Lipinski definition) is 0. The van der Waals surface area contributed by atoms with Crippen LogP contribution in [0.3, 0.4) is 0 Å². The molecule has 0 aromatic heterocycles. The van der Waals surface area contributed by atoms with Crippen LogP contribution in [0.2, 0.25) is 0 Å². The molecule has 2 aliphatic rings. The lowest BCUT2D eigenvalue weighted by atomic mass is 10.2. The van der Waals surface area contributed by atoms with Crippen LogP contribution >= 0.6 is 11.8 Å². The van der Waals surface area contributed by atoms with Gasteiger partial charge in [-0.3, -0.25) is 4.79 Å². The fourth-order valence-corrected chi connectivity index (χ4v) is 4.46. The summed E-state index contributed by atoms with van der Waals surface area (Å²) in [6.07, 6.45) is 1.90. The van der Waals surface area contributed by atoms with E-state index in [0.717, 1.165) is 42.7 Å². The van der Waals surface area contributed by atoms with Crippen molar-refractivity contribution in [3.8, 4) is 5.75 Å². The van der Waals surface area contributed by atoms with Gasteiger partial charge in [0.1, 0.15) is 5.75 Å². The van der Waals surface area contributed by atoms with Crippen molar-refractivity contribution in [2.45, 2.75) is 13.8 Å². The monoisotopic (exact) mass is 407 g/mol. The van der Waals surface area contributed by atoms with E-state index in [-0.39, 0.29) is 5.91 Å². The third kappa shape index (κ3) is 4.65. The molecule has 0 spiro atoms. The molecule has 29 heavy (non-hydrogen) atoms. The molecule has 1 fully saturated rings. The number of ether oxygens (including phenoxy) is 1. The molecular weight excluding hydrogens is 382 g/mol. The summed E-state index contributed by atoms with van der Waals surface area (Å²) < 4.78 is 5.47. The summed E-state index contributed by atoms with van der Waals surface area (Å²) in [7, 11) is 0. The maximum atomic E-state index is 12.4. The lowest BCUT2D eigenvalue weighted by Gasteiger charge is -2.36. The van der Waals surface area contributed by atoms with Crippen LogP contribution in [0.15, 0.2) is 58.4 Å². The molecule has 2 aromatic rings. The Bertz CT molecular complexity index is 945. The van der Waals surface area contributed by atoms with Gasteiger partial charge in [-0.25, -0.2) is 0 Å². The fraction of sp³-hybridized carbons (Fsp3) is 0.304. The van der Waals surface area contributed by atoms with Gasteiger partial charge in [0, 0.05) is 31.9 Å². The van der Waals surface area contributed by atoms with Gasteiger partial charge < -0.3 is 14.5 Å². The average Bonchev–Trinajstić information content (AvgIpc) is 3.10. The Labute approximate surface area is 176 Å². The number of thioether (sulfide) groups is 1. The number of aliphatic imine (C=N–C) groups is 1. The number of nitrogens with zero attached hydrogens (tertiary/aromatic N) is 3. The summed E-state index contributed by atoms with van der Waals surface area (Å²) in [5, 5.41) is 0.816. The lowest BCUT2D eigenvalue weighted by Crippen LogP contribution is -2.47. The summed E-state index contributed by atoms with van der Waals surface area (Å²) in [4.78, 5) is 22.0. The van der Waals surface area contributed by atoms with Gasteiger partial charge in [0.15, 0.2) is 5.17 Å². The van der Waals surface area contributed by atoms with Crippen LogP contribution in [0.25, 0.3) is 6.08 Å². The molecule has 2 heterocycles. The summed E-state index contributed by atoms with van der Waals surface area (Å²) in [5.74, 6) is 0.684. The van der Waals surface area contributed by atoms with Crippen LogP contribution < -0.4 is 9.64 Å². The van der Waals surface area contributed by atoms with E-state index in [9.17, 15) is 4.79 Å². The molecule has 0 radical (unpaired) electrons. The van der Waals surface area contributed by atoms with Crippen LogP contribution in [-0.4, -0.2) is 48.8 Å². The van der Waals surface area contributed by atoms with Gasteiger partial charge in [-0.1, -0.05) is 24.3 Å². The highest BCUT2D eigenvalue weighted by Crippen LogP contribution is 2.31. The van der Waals surface area contributed by atoms with Crippen molar-refractivity contribution in [3.05, 3.63) is 64.6 Å². The molecule has 0 atom stereocenters. The van der Waals surface area contributed by atoms with E-state index in [0.29, 0.717) is 11.5 Å². The van der Waals surface area contributed by atoms with E-state index in [1.807, 2.05) is 37.3 Å². The van der Waals surface area contributed by atoms with Gasteiger partial charge >= 0.3 is 0 Å². The molecular formula is C23H25N3O2S. The Hall–Kier alpha value is -2.73. The van der Waals surface area contributed by atoms with Crippen molar-refractivity contribution >= 4 is 34.6 Å². The second-order valence-electron chi connectivity index (χ2n) is 7.13. The van der Waals surface area contributed by atoms with Gasteiger partial charge in [0.25, 0.3) is 5.91 Å². The Morgan fingerprint density at radius 2 is 1.79 bits per heavy atom. The number of aryl methyl sites for hydroxylation is 1. The van der Waals surface area contributed by atoms with Gasteiger partial charge in [0.05, 0.1) is 11.5 Å². The minimum atomic E-state index is -0.153. The predicted octanol–water partition coefficient (Wildman–Crippen LogP) is 4.19. The van der Waals surface area contributed by atoms with Crippen molar-refractivity contribution in [2.24, 2.45) is 4.99 Å². The molecule has 0 N–H and O–H groups in total. The minimum Gasteiger partial charge on any atom is -0.494 e. The Kier molecular flexibility index (Phi) is 5.90. The number of anilines is 1. The van der Waals surface area contributed by atoms with Crippen LogP contribution in [0.1, 0.15) is 18.1 Å². The molecule has 1 amide bonds. The quantitative estimate of drug-likeness (QED) is 0.712. The third-order valence-corrected chi connectivity index (χ3v) is 6.06. The number of amides is 1. The van der Waals surface area contributed by atoms with Crippen molar-refractivity contribution < 1.29 is 9.53 Å². The smallest absolute Gasteiger partial charge is 0.286 e. The zero-order chi connectivity index (χ0) is 20.2. The van der Waals surface area contributed by atoms with Crippen molar-refractivity contribution in [2.75, 3.05) is 37.7 Å². The molecule has 0 saturated carbocycles. The minimum absolute atomic E-state index is 0.153. The van der Waals surface area contributed by atoms with Crippen LogP contribution in [0.4, 0.5) is 5.69 Å². The number of carbonyl (C=O) groups excluding carboxylic acids is 1. The van der Waals surface area contributed by atoms with E-state index < -0.39 is 0 Å².